The molecule has 20 heterocycles. The fraction of sp³-hybridized carbons (Fsp3) is 0.0794. The molecule has 0 atom stereocenters. The molecule has 17 aromatic rings. The minimum Gasteiger partial charge on any atom is -0.396 e. The van der Waals surface area contributed by atoms with Gasteiger partial charge in [0.15, 0.2) is 79.6 Å². The first-order chi connectivity index (χ1) is 41.1. The van der Waals surface area contributed by atoms with Gasteiger partial charge in [-0.3, -0.25) is 9.13 Å². The number of fused-ring (bicyclic) bond motifs is 28. The third-order valence-electron chi connectivity index (χ3n) is 16.2. The highest BCUT2D eigenvalue weighted by Gasteiger charge is 2.38. The number of thiazole rings is 1. The Bertz CT molecular complexity index is 5360. The van der Waals surface area contributed by atoms with Crippen LogP contribution < -0.4 is 18.3 Å². The molecule has 0 spiro atoms. The number of imidazole rings is 6. The molecule has 0 fully saturated rings. The van der Waals surface area contributed by atoms with Crippen molar-refractivity contribution >= 4 is 77.1 Å². The van der Waals surface area contributed by atoms with Crippen LogP contribution in [0.5, 0.6) is 0 Å². The molecule has 0 N–H and O–H groups in total. The van der Waals surface area contributed by atoms with Gasteiger partial charge in [0, 0.05) is 78.9 Å². The number of aromatic nitrogens is 18. The lowest BCUT2D eigenvalue weighted by Crippen LogP contribution is -2.29. The molecule has 20 heteroatoms. The van der Waals surface area contributed by atoms with Crippen molar-refractivity contribution in [3.8, 4) is 51.8 Å². The summed E-state index contributed by atoms with van der Waals surface area (Å²) in [4.78, 5) is 38.4. The maximum absolute atomic E-state index is 5.77. The Hall–Kier alpha value is -11.1. The van der Waals surface area contributed by atoms with Crippen LogP contribution in [-0.4, -0.2) is 66.6 Å². The molecule has 4 aliphatic rings. The highest BCUT2D eigenvalue weighted by atomic mass is 32.1. The third-order valence-corrected chi connectivity index (χ3v) is 17.2. The first-order valence-corrected chi connectivity index (χ1v) is 28.1. The molecule has 394 valence electrons. The van der Waals surface area contributed by atoms with Gasteiger partial charge in [-0.25, -0.2) is 58.1 Å². The standard InChI is InChI=1S/C20H14N5.C15H12N5.C14H9N4O.C14H9N4S/c1-2-7-15(8-3-1)24-17-13-23-12-14-6-4-10-21-18(14)20(23)25(17)16-9-5-11-22-19(16)24;1-18-12-9-19-8-10-4-2-6-16-13(10)15(19)20(12)11-5-3-7-17-14(11)18;2*1-3-9-7-17-8-11-18(14(17)12(9)15-5-1)10-4-2-6-16-13(10)19-11/h1-11,13H,12H2;2-7,9H,8H2,1H3;2*1-6,8H,7H2/q4*+1. The zero-order chi connectivity index (χ0) is 54.4. The van der Waals surface area contributed by atoms with Gasteiger partial charge in [0.2, 0.25) is 10.5 Å². The SMILES string of the molecule is Cn1c2ncccc2n2c3[n+](cc12)Cc1cccnc1-3.c1ccc(-n2c3ncccc3n3c4[n+](cc23)Cc2cccnc2-4)cc1.c1cnc2c(c1)C[n+]1cc3oc4ncccc4n3c1-2.c1cnc2c(c1)C[n+]1cc3sc4ncccc4n3c1-2. The van der Waals surface area contributed by atoms with Crippen LogP contribution in [0.1, 0.15) is 22.3 Å². The fourth-order valence-corrected chi connectivity index (χ4v) is 13.8. The van der Waals surface area contributed by atoms with E-state index in [0.717, 1.165) is 127 Å². The predicted octanol–water partition coefficient (Wildman–Crippen LogP) is 8.58. The van der Waals surface area contributed by atoms with Crippen molar-refractivity contribution in [1.82, 2.24) is 66.6 Å². The lowest BCUT2D eigenvalue weighted by Gasteiger charge is -2.01. The Labute approximate surface area is 473 Å². The van der Waals surface area contributed by atoms with E-state index in [2.05, 4.69) is 177 Å². The van der Waals surface area contributed by atoms with Gasteiger partial charge in [-0.15, -0.1) is 0 Å². The molecule has 4 aliphatic heterocycles. The molecule has 0 aliphatic carbocycles. The molecule has 0 radical (unpaired) electrons. The van der Waals surface area contributed by atoms with Crippen molar-refractivity contribution < 1.29 is 22.7 Å². The minimum atomic E-state index is 0.658. The zero-order valence-electron chi connectivity index (χ0n) is 44.2. The average Bonchev–Trinajstić information content (AvgIpc) is 3.92. The summed E-state index contributed by atoms with van der Waals surface area (Å²) in [6.07, 6.45) is 23.3. The maximum atomic E-state index is 5.77. The van der Waals surface area contributed by atoms with Crippen molar-refractivity contribution in [2.75, 3.05) is 0 Å². The summed E-state index contributed by atoms with van der Waals surface area (Å²) in [5.74, 6) is 4.51. The van der Waals surface area contributed by atoms with E-state index in [0.29, 0.717) is 5.71 Å². The summed E-state index contributed by atoms with van der Waals surface area (Å²) in [6.45, 7) is 3.50. The normalized spacial score (nSPS) is 12.9. The van der Waals surface area contributed by atoms with Gasteiger partial charge in [-0.2, -0.15) is 17.6 Å². The van der Waals surface area contributed by atoms with Gasteiger partial charge in [0.05, 0.1) is 5.69 Å². The van der Waals surface area contributed by atoms with E-state index in [9.17, 15) is 0 Å². The highest BCUT2D eigenvalue weighted by molar-refractivity contribution is 7.23. The topological polar surface area (TPSA) is 159 Å². The van der Waals surface area contributed by atoms with E-state index >= 15 is 0 Å². The molecule has 0 bridgehead atoms. The van der Waals surface area contributed by atoms with Crippen molar-refractivity contribution in [1.29, 1.82) is 0 Å². The van der Waals surface area contributed by atoms with Gasteiger partial charge in [0.25, 0.3) is 11.4 Å². The Morgan fingerprint density at radius 2 is 0.855 bits per heavy atom. The molecule has 0 unspecified atom stereocenters. The second kappa shape index (κ2) is 17.4. The van der Waals surface area contributed by atoms with Crippen molar-refractivity contribution in [3.05, 3.63) is 224 Å². The molecule has 0 saturated carbocycles. The maximum Gasteiger partial charge on any atom is 0.337 e. The molecule has 1 aromatic carbocycles. The van der Waals surface area contributed by atoms with Gasteiger partial charge >= 0.3 is 29.0 Å². The number of oxazole rings is 1. The van der Waals surface area contributed by atoms with Gasteiger partial charge < -0.3 is 4.42 Å². The number of benzene rings is 1. The number of aryl methyl sites for hydroxylation is 1. The first-order valence-electron chi connectivity index (χ1n) is 27.2. The second-order valence-corrected chi connectivity index (χ2v) is 21.9. The van der Waals surface area contributed by atoms with Crippen LogP contribution in [0.3, 0.4) is 0 Å². The monoisotopic (exact) mass is 1100 g/mol. The number of nitrogens with zero attached hydrogens (tertiary/aromatic N) is 18. The van der Waals surface area contributed by atoms with Gasteiger partial charge in [-0.05, 0) is 84.9 Å². The van der Waals surface area contributed by atoms with Crippen LogP contribution in [0.2, 0.25) is 0 Å². The van der Waals surface area contributed by atoms with E-state index in [1.807, 2.05) is 110 Å². The van der Waals surface area contributed by atoms with Crippen molar-refractivity contribution in [2.24, 2.45) is 7.05 Å². The number of hydrogen-bond acceptors (Lipinski definition) is 10. The van der Waals surface area contributed by atoms with Crippen molar-refractivity contribution in [2.45, 2.75) is 26.2 Å². The molecular weight excluding hydrogens is 1060 g/mol. The minimum absolute atomic E-state index is 0.658. The number of pyridine rings is 8. The number of hydrogen-bond donors (Lipinski definition) is 0. The first kappa shape index (κ1) is 45.7. The Morgan fingerprint density at radius 3 is 1.48 bits per heavy atom. The quantitative estimate of drug-likeness (QED) is 0.147. The van der Waals surface area contributed by atoms with E-state index < -0.39 is 0 Å². The lowest BCUT2D eigenvalue weighted by atomic mass is 10.2. The van der Waals surface area contributed by atoms with Crippen LogP contribution in [0.25, 0.3) is 118 Å². The summed E-state index contributed by atoms with van der Waals surface area (Å²) < 4.78 is 28.0. The number of rotatable bonds is 1. The van der Waals surface area contributed by atoms with Gasteiger partial charge in [-0.1, -0.05) is 53.8 Å². The van der Waals surface area contributed by atoms with E-state index in [1.54, 1.807) is 17.5 Å². The average molecular weight is 1100 g/mol. The molecule has 83 heavy (non-hydrogen) atoms. The Balaban J connectivity index is 0.0000000851. The summed E-state index contributed by atoms with van der Waals surface area (Å²) in [5.41, 5.74) is 20.4. The molecule has 0 amide bonds. The predicted molar refractivity (Wildman–Crippen MR) is 309 cm³/mol. The smallest absolute Gasteiger partial charge is 0.337 e. The largest absolute Gasteiger partial charge is 0.396 e. The molecule has 0 saturated heterocycles. The fourth-order valence-electron chi connectivity index (χ4n) is 12.8. The van der Waals surface area contributed by atoms with E-state index in [4.69, 9.17) is 4.42 Å². The molecule has 16 aromatic heterocycles. The molecule has 21 rings (SSSR count). The summed E-state index contributed by atoms with van der Waals surface area (Å²) in [5, 5.41) is 0. The van der Waals surface area contributed by atoms with E-state index in [1.165, 1.54) is 32.9 Å². The Morgan fingerprint density at radius 1 is 0.398 bits per heavy atom. The van der Waals surface area contributed by atoms with Crippen LogP contribution in [0.15, 0.2) is 206 Å². The van der Waals surface area contributed by atoms with Crippen LogP contribution in [0.4, 0.5) is 0 Å². The third kappa shape index (κ3) is 6.65. The second-order valence-electron chi connectivity index (χ2n) is 20.9. The van der Waals surface area contributed by atoms with E-state index in [-0.39, 0.29) is 0 Å². The molecular formula is C63H44N18OS+4. The van der Waals surface area contributed by atoms with Crippen LogP contribution in [0, 0.1) is 0 Å². The van der Waals surface area contributed by atoms with Crippen LogP contribution >= 0.6 is 11.3 Å². The van der Waals surface area contributed by atoms with Crippen molar-refractivity contribution in [3.63, 3.8) is 0 Å². The van der Waals surface area contributed by atoms with Crippen LogP contribution in [-0.2, 0) is 33.2 Å². The Kier molecular flexibility index (Phi) is 9.61. The summed E-state index contributed by atoms with van der Waals surface area (Å²) in [7, 11) is 2.06. The number of para-hydroxylation sites is 1. The lowest BCUT2D eigenvalue weighted by molar-refractivity contribution is -0.670. The van der Waals surface area contributed by atoms with Gasteiger partial charge in [0.1, 0.15) is 32.4 Å². The molecule has 19 nitrogen and oxygen atoms in total. The zero-order valence-corrected chi connectivity index (χ0v) is 45.1. The summed E-state index contributed by atoms with van der Waals surface area (Å²) >= 11 is 1.72. The highest BCUT2D eigenvalue weighted by Crippen LogP contribution is 2.36. The summed E-state index contributed by atoms with van der Waals surface area (Å²) in [6, 6.07) is 43.1.